The van der Waals surface area contributed by atoms with Crippen LogP contribution in [0.4, 0.5) is 22.0 Å². The maximum Gasteiger partial charge on any atom is 0.348 e. The van der Waals surface area contributed by atoms with Crippen LogP contribution in [0, 0.1) is 12.7 Å². The monoisotopic (exact) mass is 387 g/mol. The van der Waals surface area contributed by atoms with Gasteiger partial charge in [0.2, 0.25) is 11.9 Å². The molecule has 0 saturated carbocycles. The number of nitrogens with two attached hydrogens (primary N) is 1. The minimum atomic E-state index is -0.435. The van der Waals surface area contributed by atoms with Crippen LogP contribution in [0.25, 0.3) is 0 Å². The molecule has 140 valence electrons. The second-order valence-electron chi connectivity index (χ2n) is 5.69. The van der Waals surface area contributed by atoms with E-state index in [1.807, 2.05) is 19.9 Å². The van der Waals surface area contributed by atoms with Crippen LogP contribution in [0.15, 0.2) is 30.3 Å². The largest absolute Gasteiger partial charge is 0.453 e. The molecule has 0 fully saturated rings. The molecule has 1 aromatic carbocycles. The molecule has 7 nitrogen and oxygen atoms in total. The first-order valence-electron chi connectivity index (χ1n) is 8.24. The molecule has 2 heterocycles. The Kier molecular flexibility index (Phi) is 5.60. The van der Waals surface area contributed by atoms with Crippen LogP contribution < -0.4 is 11.1 Å². The number of aromatic nitrogens is 3. The van der Waals surface area contributed by atoms with Crippen LogP contribution in [0.2, 0.25) is 0 Å². The van der Waals surface area contributed by atoms with Gasteiger partial charge in [0, 0.05) is 10.6 Å². The molecule has 27 heavy (non-hydrogen) atoms. The van der Waals surface area contributed by atoms with E-state index < -0.39 is 5.97 Å². The zero-order valence-electron chi connectivity index (χ0n) is 14.8. The van der Waals surface area contributed by atoms with E-state index in [1.165, 1.54) is 23.5 Å². The normalized spacial score (nSPS) is 10.6. The minimum absolute atomic E-state index is 0.0131. The summed E-state index contributed by atoms with van der Waals surface area (Å²) in [4.78, 5) is 26.0. The third kappa shape index (κ3) is 4.76. The van der Waals surface area contributed by atoms with Gasteiger partial charge in [-0.05, 0) is 49.2 Å². The molecule has 0 spiro atoms. The van der Waals surface area contributed by atoms with Gasteiger partial charge < -0.3 is 15.8 Å². The predicted octanol–water partition coefficient (Wildman–Crippen LogP) is 3.63. The second-order valence-corrected chi connectivity index (χ2v) is 6.94. The predicted molar refractivity (Wildman–Crippen MR) is 101 cm³/mol. The molecule has 0 aliphatic rings. The number of benzene rings is 1. The van der Waals surface area contributed by atoms with Crippen molar-refractivity contribution in [1.29, 1.82) is 0 Å². The maximum absolute atomic E-state index is 13.0. The van der Waals surface area contributed by atoms with Gasteiger partial charge in [-0.3, -0.25) is 0 Å². The van der Waals surface area contributed by atoms with Crippen molar-refractivity contribution >= 4 is 34.9 Å². The number of halogens is 1. The smallest absolute Gasteiger partial charge is 0.348 e. The number of aryl methyl sites for hydroxylation is 2. The summed E-state index contributed by atoms with van der Waals surface area (Å²) in [5.41, 5.74) is 7.41. The van der Waals surface area contributed by atoms with E-state index in [2.05, 4.69) is 20.3 Å². The molecule has 0 unspecified atom stereocenters. The van der Waals surface area contributed by atoms with Crippen molar-refractivity contribution in [1.82, 2.24) is 15.0 Å². The number of thiophene rings is 1. The summed E-state index contributed by atoms with van der Waals surface area (Å²) >= 11 is 1.40. The van der Waals surface area contributed by atoms with Gasteiger partial charge >= 0.3 is 5.97 Å². The average Bonchev–Trinajstić information content (AvgIpc) is 3.02. The summed E-state index contributed by atoms with van der Waals surface area (Å²) in [7, 11) is 0. The SMILES string of the molecule is CCc1cc(C(=O)OCc2nc(N)nc(Nc3ccc(F)cc3)n2)sc1C. The van der Waals surface area contributed by atoms with E-state index in [-0.39, 0.29) is 30.1 Å². The molecule has 0 radical (unpaired) electrons. The van der Waals surface area contributed by atoms with E-state index in [4.69, 9.17) is 10.5 Å². The van der Waals surface area contributed by atoms with E-state index in [1.54, 1.807) is 12.1 Å². The minimum Gasteiger partial charge on any atom is -0.453 e. The molecule has 0 saturated heterocycles. The molecule has 3 rings (SSSR count). The lowest BCUT2D eigenvalue weighted by atomic mass is 10.2. The summed E-state index contributed by atoms with van der Waals surface area (Å²) in [6.45, 7) is 3.87. The Hall–Kier alpha value is -3.07. The number of carbonyl (C=O) groups excluding carboxylic acids is 1. The number of hydrogen-bond donors (Lipinski definition) is 2. The first kappa shape index (κ1) is 18.7. The average molecular weight is 387 g/mol. The number of esters is 1. The van der Waals surface area contributed by atoms with Crippen molar-refractivity contribution in [2.24, 2.45) is 0 Å². The standard InChI is InChI=1S/C18H18FN5O2S/c1-3-11-8-14(27-10(11)2)16(25)26-9-15-22-17(20)24-18(23-15)21-13-6-4-12(19)5-7-13/h4-8H,3,9H2,1-2H3,(H3,20,21,22,23,24). The van der Waals surface area contributed by atoms with Crippen molar-refractivity contribution < 1.29 is 13.9 Å². The number of hydrogen-bond acceptors (Lipinski definition) is 8. The van der Waals surface area contributed by atoms with Crippen LogP contribution >= 0.6 is 11.3 Å². The molecule has 9 heteroatoms. The second kappa shape index (κ2) is 8.09. The molecule has 3 N–H and O–H groups in total. The Balaban J connectivity index is 1.68. The highest BCUT2D eigenvalue weighted by Crippen LogP contribution is 2.23. The van der Waals surface area contributed by atoms with Crippen LogP contribution in [0.5, 0.6) is 0 Å². The van der Waals surface area contributed by atoms with E-state index in [9.17, 15) is 9.18 Å². The van der Waals surface area contributed by atoms with Crippen LogP contribution in [-0.2, 0) is 17.8 Å². The fraction of sp³-hybridized carbons (Fsp3) is 0.222. The molecule has 0 amide bonds. The van der Waals surface area contributed by atoms with Crippen LogP contribution in [-0.4, -0.2) is 20.9 Å². The molecule has 2 aromatic heterocycles. The zero-order chi connectivity index (χ0) is 19.4. The number of nitrogen functional groups attached to an aromatic ring is 1. The zero-order valence-corrected chi connectivity index (χ0v) is 15.6. The molecule has 0 bridgehead atoms. The lowest BCUT2D eigenvalue weighted by Crippen LogP contribution is -2.10. The topological polar surface area (TPSA) is 103 Å². The number of rotatable bonds is 6. The van der Waals surface area contributed by atoms with Gasteiger partial charge in [-0.1, -0.05) is 6.92 Å². The third-order valence-electron chi connectivity index (χ3n) is 3.73. The molecular formula is C18H18FN5O2S. The Morgan fingerprint density at radius 1 is 1.26 bits per heavy atom. The van der Waals surface area contributed by atoms with Crippen molar-refractivity contribution in [3.63, 3.8) is 0 Å². The summed E-state index contributed by atoms with van der Waals surface area (Å²) in [5.74, 6) is -0.404. The highest BCUT2D eigenvalue weighted by Gasteiger charge is 2.14. The fourth-order valence-corrected chi connectivity index (χ4v) is 3.40. The quantitative estimate of drug-likeness (QED) is 0.623. The molecule has 0 aliphatic carbocycles. The van der Waals surface area contributed by atoms with E-state index in [0.717, 1.165) is 16.9 Å². The molecule has 3 aromatic rings. The fourth-order valence-electron chi connectivity index (χ4n) is 2.39. The van der Waals surface area contributed by atoms with Crippen LogP contribution in [0.1, 0.15) is 32.9 Å². The van der Waals surface area contributed by atoms with Crippen molar-refractivity contribution in [2.45, 2.75) is 26.9 Å². The van der Waals surface area contributed by atoms with Crippen molar-refractivity contribution in [3.05, 3.63) is 57.3 Å². The van der Waals surface area contributed by atoms with Crippen LogP contribution in [0.3, 0.4) is 0 Å². The number of nitrogens with one attached hydrogen (secondary N) is 1. The van der Waals surface area contributed by atoms with Gasteiger partial charge in [0.1, 0.15) is 10.7 Å². The van der Waals surface area contributed by atoms with Gasteiger partial charge in [-0.2, -0.15) is 15.0 Å². The third-order valence-corrected chi connectivity index (χ3v) is 4.81. The summed E-state index contributed by atoms with van der Waals surface area (Å²) in [6, 6.07) is 7.54. The molecule has 0 aliphatic heterocycles. The summed E-state index contributed by atoms with van der Waals surface area (Å²) in [5, 5.41) is 2.90. The Morgan fingerprint density at radius 2 is 2.00 bits per heavy atom. The Labute approximate surface area is 159 Å². The van der Waals surface area contributed by atoms with Gasteiger partial charge in [0.25, 0.3) is 0 Å². The van der Waals surface area contributed by atoms with E-state index in [0.29, 0.717) is 10.6 Å². The number of nitrogens with zero attached hydrogens (tertiary/aromatic N) is 3. The van der Waals surface area contributed by atoms with Crippen molar-refractivity contribution in [3.8, 4) is 0 Å². The highest BCUT2D eigenvalue weighted by molar-refractivity contribution is 7.14. The highest BCUT2D eigenvalue weighted by atomic mass is 32.1. The summed E-state index contributed by atoms with van der Waals surface area (Å²) in [6.07, 6.45) is 0.859. The molecular weight excluding hydrogens is 369 g/mol. The summed E-state index contributed by atoms with van der Waals surface area (Å²) < 4.78 is 18.3. The first-order chi connectivity index (χ1) is 12.9. The van der Waals surface area contributed by atoms with Gasteiger partial charge in [-0.15, -0.1) is 11.3 Å². The maximum atomic E-state index is 13.0. The number of carbonyl (C=O) groups is 1. The number of anilines is 3. The van der Waals surface area contributed by atoms with E-state index >= 15 is 0 Å². The van der Waals surface area contributed by atoms with Gasteiger partial charge in [-0.25, -0.2) is 9.18 Å². The molecule has 0 atom stereocenters. The van der Waals surface area contributed by atoms with Gasteiger partial charge in [0.15, 0.2) is 12.4 Å². The Morgan fingerprint density at radius 3 is 2.67 bits per heavy atom. The lowest BCUT2D eigenvalue weighted by molar-refractivity contribution is 0.0468. The Bertz CT molecular complexity index is 959. The first-order valence-corrected chi connectivity index (χ1v) is 9.05. The lowest BCUT2D eigenvalue weighted by Gasteiger charge is -2.07. The van der Waals surface area contributed by atoms with Gasteiger partial charge in [0.05, 0.1) is 0 Å². The van der Waals surface area contributed by atoms with Crippen molar-refractivity contribution in [2.75, 3.05) is 11.1 Å². The number of ether oxygens (including phenoxy) is 1.